The Hall–Kier alpha value is -4.04. The lowest BCUT2D eigenvalue weighted by Crippen LogP contribution is -1.95. The molecule has 0 heterocycles. The molecule has 0 bridgehead atoms. The Labute approximate surface area is 174 Å². The first-order valence-electron chi connectivity index (χ1n) is 9.86. The third-order valence-corrected chi connectivity index (χ3v) is 5.65. The van der Waals surface area contributed by atoms with Crippen molar-refractivity contribution in [3.63, 3.8) is 0 Å². The summed E-state index contributed by atoms with van der Waals surface area (Å²) in [4.78, 5) is 23.6. The van der Waals surface area contributed by atoms with Crippen LogP contribution in [0.15, 0.2) is 97.1 Å². The smallest absolute Gasteiger partial charge is 0.150 e. The number of carbonyl (C=O) groups is 2. The van der Waals surface area contributed by atoms with Crippen LogP contribution in [-0.4, -0.2) is 12.6 Å². The number of hydrogen-bond donors (Lipinski definition) is 0. The van der Waals surface area contributed by atoms with E-state index in [-0.39, 0.29) is 0 Å². The molecule has 2 nitrogen and oxygen atoms in total. The lowest BCUT2D eigenvalue weighted by Gasteiger charge is -2.19. The number of rotatable bonds is 4. The Morgan fingerprint density at radius 2 is 0.700 bits per heavy atom. The van der Waals surface area contributed by atoms with Crippen molar-refractivity contribution < 1.29 is 9.59 Å². The van der Waals surface area contributed by atoms with Crippen molar-refractivity contribution in [2.24, 2.45) is 0 Å². The monoisotopic (exact) mass is 386 g/mol. The third-order valence-electron chi connectivity index (χ3n) is 5.65. The zero-order chi connectivity index (χ0) is 20.5. The molecule has 0 aliphatic rings. The molecule has 0 fully saturated rings. The molecular formula is C28H18O2. The number of fused-ring (bicyclic) bond motifs is 2. The molecule has 0 saturated carbocycles. The van der Waals surface area contributed by atoms with Crippen molar-refractivity contribution in [1.82, 2.24) is 0 Å². The Morgan fingerprint density at radius 1 is 0.400 bits per heavy atom. The van der Waals surface area contributed by atoms with E-state index >= 15 is 0 Å². The summed E-state index contributed by atoms with van der Waals surface area (Å²) < 4.78 is 0. The molecule has 0 unspecified atom stereocenters. The summed E-state index contributed by atoms with van der Waals surface area (Å²) in [6.07, 6.45) is 1.82. The topological polar surface area (TPSA) is 34.1 Å². The van der Waals surface area contributed by atoms with Gasteiger partial charge >= 0.3 is 0 Å². The second-order valence-corrected chi connectivity index (χ2v) is 7.25. The van der Waals surface area contributed by atoms with E-state index in [1.807, 2.05) is 72.8 Å². The summed E-state index contributed by atoms with van der Waals surface area (Å²) in [6.45, 7) is 0. The number of carbonyl (C=O) groups excluding carboxylic acids is 2. The highest BCUT2D eigenvalue weighted by atomic mass is 16.1. The molecule has 0 aliphatic carbocycles. The van der Waals surface area contributed by atoms with Gasteiger partial charge in [-0.15, -0.1) is 0 Å². The fraction of sp³-hybridized carbons (Fsp3) is 0. The van der Waals surface area contributed by atoms with Crippen molar-refractivity contribution in [2.75, 3.05) is 0 Å². The van der Waals surface area contributed by atoms with Crippen LogP contribution in [0.25, 0.3) is 43.8 Å². The lowest BCUT2D eigenvalue weighted by atomic mass is 9.84. The Morgan fingerprint density at radius 3 is 1.03 bits per heavy atom. The molecule has 5 aromatic carbocycles. The molecule has 0 aliphatic heterocycles. The van der Waals surface area contributed by atoms with Gasteiger partial charge in [0, 0.05) is 11.1 Å². The largest absolute Gasteiger partial charge is 0.298 e. The molecule has 0 N–H and O–H groups in total. The molecule has 0 radical (unpaired) electrons. The van der Waals surface area contributed by atoms with Gasteiger partial charge in [-0.2, -0.15) is 0 Å². The predicted octanol–water partition coefficient (Wildman–Crippen LogP) is 6.95. The SMILES string of the molecule is O=Cc1ccccc1-c1c2ccccc2c(-c2ccccc2C=O)c2ccccc12. The van der Waals surface area contributed by atoms with Gasteiger partial charge < -0.3 is 0 Å². The van der Waals surface area contributed by atoms with Crippen molar-refractivity contribution in [3.05, 3.63) is 108 Å². The van der Waals surface area contributed by atoms with Gasteiger partial charge in [0.05, 0.1) is 0 Å². The molecule has 0 saturated heterocycles. The van der Waals surface area contributed by atoms with Crippen LogP contribution in [-0.2, 0) is 0 Å². The lowest BCUT2D eigenvalue weighted by molar-refractivity contribution is 0.111. The summed E-state index contributed by atoms with van der Waals surface area (Å²) in [5.74, 6) is 0. The van der Waals surface area contributed by atoms with Gasteiger partial charge in [-0.1, -0.05) is 97.1 Å². The molecule has 0 amide bonds. The first-order chi connectivity index (χ1) is 14.8. The summed E-state index contributed by atoms with van der Waals surface area (Å²) in [7, 11) is 0. The van der Waals surface area contributed by atoms with Gasteiger partial charge in [0.15, 0.2) is 12.6 Å². The quantitative estimate of drug-likeness (QED) is 0.247. The van der Waals surface area contributed by atoms with Crippen LogP contribution in [0.1, 0.15) is 20.7 Å². The van der Waals surface area contributed by atoms with E-state index in [9.17, 15) is 9.59 Å². The minimum Gasteiger partial charge on any atom is -0.298 e. The van der Waals surface area contributed by atoms with Crippen LogP contribution in [0.3, 0.4) is 0 Å². The van der Waals surface area contributed by atoms with Crippen molar-refractivity contribution >= 4 is 34.1 Å². The third kappa shape index (κ3) is 2.73. The van der Waals surface area contributed by atoms with Gasteiger partial charge in [0.25, 0.3) is 0 Å². The van der Waals surface area contributed by atoms with Gasteiger partial charge in [0.2, 0.25) is 0 Å². The van der Waals surface area contributed by atoms with E-state index in [4.69, 9.17) is 0 Å². The normalized spacial score (nSPS) is 10.9. The van der Waals surface area contributed by atoms with Crippen molar-refractivity contribution in [3.8, 4) is 22.3 Å². The zero-order valence-electron chi connectivity index (χ0n) is 16.2. The summed E-state index contributed by atoms with van der Waals surface area (Å²) in [5.41, 5.74) is 5.22. The predicted molar refractivity (Wildman–Crippen MR) is 123 cm³/mol. The molecular weight excluding hydrogens is 368 g/mol. The van der Waals surface area contributed by atoms with Crippen LogP contribution >= 0.6 is 0 Å². The zero-order valence-corrected chi connectivity index (χ0v) is 16.2. The fourth-order valence-electron chi connectivity index (χ4n) is 4.36. The Bertz CT molecular complexity index is 1260. The first kappa shape index (κ1) is 18.0. The van der Waals surface area contributed by atoms with Crippen LogP contribution in [0, 0.1) is 0 Å². The first-order valence-corrected chi connectivity index (χ1v) is 9.86. The van der Waals surface area contributed by atoms with E-state index in [1.165, 1.54) is 0 Å². The minimum atomic E-state index is 0.661. The summed E-state index contributed by atoms with van der Waals surface area (Å²) in [5, 5.41) is 4.23. The van der Waals surface area contributed by atoms with Gasteiger partial charge in [-0.05, 0) is 43.8 Å². The van der Waals surface area contributed by atoms with Crippen LogP contribution in [0.2, 0.25) is 0 Å². The van der Waals surface area contributed by atoms with E-state index in [1.54, 1.807) is 0 Å². The maximum atomic E-state index is 11.8. The molecule has 2 heteroatoms. The van der Waals surface area contributed by atoms with Gasteiger partial charge in [-0.3, -0.25) is 9.59 Å². The van der Waals surface area contributed by atoms with E-state index in [2.05, 4.69) is 24.3 Å². The van der Waals surface area contributed by atoms with Gasteiger partial charge in [-0.25, -0.2) is 0 Å². The molecule has 0 aromatic heterocycles. The van der Waals surface area contributed by atoms with Crippen LogP contribution < -0.4 is 0 Å². The standard InChI is InChI=1S/C28H18O2/c29-17-19-9-1-3-11-21(19)27-23-13-5-7-15-25(23)28(26-16-8-6-14-24(26)27)22-12-4-2-10-20(22)18-30/h1-18H. The van der Waals surface area contributed by atoms with Crippen molar-refractivity contribution in [1.29, 1.82) is 0 Å². The Balaban J connectivity index is 2.03. The van der Waals surface area contributed by atoms with Gasteiger partial charge in [0.1, 0.15) is 0 Å². The fourth-order valence-corrected chi connectivity index (χ4v) is 4.36. The van der Waals surface area contributed by atoms with Crippen molar-refractivity contribution in [2.45, 2.75) is 0 Å². The van der Waals surface area contributed by atoms with E-state index in [0.717, 1.165) is 56.4 Å². The maximum Gasteiger partial charge on any atom is 0.150 e. The highest BCUT2D eigenvalue weighted by Crippen LogP contribution is 2.44. The van der Waals surface area contributed by atoms with Crippen LogP contribution in [0.5, 0.6) is 0 Å². The van der Waals surface area contributed by atoms with E-state index in [0.29, 0.717) is 11.1 Å². The average Bonchev–Trinajstić information content (AvgIpc) is 2.82. The second-order valence-electron chi connectivity index (χ2n) is 7.25. The highest BCUT2D eigenvalue weighted by Gasteiger charge is 2.18. The number of benzene rings is 5. The van der Waals surface area contributed by atoms with E-state index < -0.39 is 0 Å². The second kappa shape index (κ2) is 7.41. The number of aldehydes is 2. The molecule has 0 atom stereocenters. The number of hydrogen-bond acceptors (Lipinski definition) is 2. The summed E-state index contributed by atoms with van der Waals surface area (Å²) in [6, 6.07) is 31.8. The average molecular weight is 386 g/mol. The minimum absolute atomic E-state index is 0.661. The van der Waals surface area contributed by atoms with Crippen LogP contribution in [0.4, 0.5) is 0 Å². The maximum absolute atomic E-state index is 11.8. The molecule has 30 heavy (non-hydrogen) atoms. The summed E-state index contributed by atoms with van der Waals surface area (Å²) >= 11 is 0. The highest BCUT2D eigenvalue weighted by molar-refractivity contribution is 6.23. The molecule has 5 rings (SSSR count). The Kier molecular flexibility index (Phi) is 4.45. The molecule has 142 valence electrons. The molecule has 0 spiro atoms. The molecule has 5 aromatic rings.